The first-order valence-electron chi connectivity index (χ1n) is 5.97. The van der Waals surface area contributed by atoms with Gasteiger partial charge in [0.2, 0.25) is 0 Å². The third-order valence-corrected chi connectivity index (χ3v) is 2.68. The molecule has 114 valence electrons. The van der Waals surface area contributed by atoms with E-state index in [0.717, 1.165) is 23.1 Å². The van der Waals surface area contributed by atoms with Crippen molar-refractivity contribution < 1.29 is 28.6 Å². The van der Waals surface area contributed by atoms with Crippen LogP contribution in [0.2, 0.25) is 0 Å². The van der Waals surface area contributed by atoms with Gasteiger partial charge in [-0.25, -0.2) is 14.0 Å². The van der Waals surface area contributed by atoms with Crippen LogP contribution in [0.5, 0.6) is 0 Å². The first kappa shape index (κ1) is 16.4. The van der Waals surface area contributed by atoms with Gasteiger partial charge in [0.05, 0.1) is 24.8 Å². The summed E-state index contributed by atoms with van der Waals surface area (Å²) in [5.41, 5.74) is -0.395. The zero-order valence-corrected chi connectivity index (χ0v) is 11.6. The summed E-state index contributed by atoms with van der Waals surface area (Å²) in [5, 5.41) is 11.1. The number of esters is 1. The molecule has 21 heavy (non-hydrogen) atoms. The molecule has 1 aromatic rings. The molecule has 0 saturated heterocycles. The summed E-state index contributed by atoms with van der Waals surface area (Å²) in [6, 6.07) is 2.39. The predicted molar refractivity (Wildman–Crippen MR) is 71.6 cm³/mol. The number of rotatable bonds is 5. The molecule has 2 amide bonds. The summed E-state index contributed by atoms with van der Waals surface area (Å²) in [4.78, 5) is 34.7. The van der Waals surface area contributed by atoms with Gasteiger partial charge in [0, 0.05) is 13.6 Å². The molecule has 0 aliphatic heterocycles. The summed E-state index contributed by atoms with van der Waals surface area (Å²) in [5.74, 6) is -2.46. The maximum atomic E-state index is 13.5. The largest absolute Gasteiger partial charge is 0.478 e. The maximum Gasteiger partial charge on any atom is 0.335 e. The number of nitrogens with zero attached hydrogens (tertiary/aromatic N) is 1. The highest BCUT2D eigenvalue weighted by molar-refractivity contribution is 5.93. The van der Waals surface area contributed by atoms with E-state index in [0.29, 0.717) is 0 Å². The van der Waals surface area contributed by atoms with Crippen LogP contribution in [-0.4, -0.2) is 48.7 Å². The van der Waals surface area contributed by atoms with Crippen molar-refractivity contribution in [3.63, 3.8) is 0 Å². The van der Waals surface area contributed by atoms with Crippen molar-refractivity contribution in [2.24, 2.45) is 0 Å². The first-order chi connectivity index (χ1) is 9.85. The lowest BCUT2D eigenvalue weighted by Gasteiger charge is -2.17. The van der Waals surface area contributed by atoms with Crippen LogP contribution in [0.3, 0.4) is 0 Å². The Kier molecular flexibility index (Phi) is 5.65. The standard InChI is InChI=1S/C13H15FN2O5/c1-16(6-5-11(17)21-2)13(20)15-10-7-8(12(18)19)3-4-9(10)14/h3-4,7H,5-6H2,1-2H3,(H,15,20)(H,18,19). The number of hydrogen-bond acceptors (Lipinski definition) is 4. The minimum Gasteiger partial charge on any atom is -0.478 e. The van der Waals surface area contributed by atoms with Gasteiger partial charge >= 0.3 is 18.0 Å². The van der Waals surface area contributed by atoms with Gasteiger partial charge in [-0.2, -0.15) is 0 Å². The number of halogens is 1. The fourth-order valence-corrected chi connectivity index (χ4v) is 1.43. The lowest BCUT2D eigenvalue weighted by atomic mass is 10.2. The Bertz CT molecular complexity index is 561. The lowest BCUT2D eigenvalue weighted by molar-refractivity contribution is -0.140. The number of carbonyl (C=O) groups is 3. The maximum absolute atomic E-state index is 13.5. The second-order valence-electron chi connectivity index (χ2n) is 4.18. The zero-order valence-electron chi connectivity index (χ0n) is 11.6. The number of benzene rings is 1. The van der Waals surface area contributed by atoms with Crippen LogP contribution < -0.4 is 5.32 Å². The Morgan fingerprint density at radius 3 is 2.62 bits per heavy atom. The lowest BCUT2D eigenvalue weighted by Crippen LogP contribution is -2.33. The summed E-state index contributed by atoms with van der Waals surface area (Å²) in [6.07, 6.45) is -0.00192. The van der Waals surface area contributed by atoms with E-state index in [2.05, 4.69) is 10.1 Å². The Labute approximate surface area is 120 Å². The summed E-state index contributed by atoms with van der Waals surface area (Å²) in [7, 11) is 2.65. The molecule has 0 saturated carbocycles. The number of carboxylic acid groups (broad SMARTS) is 1. The molecule has 7 nitrogen and oxygen atoms in total. The number of carboxylic acids is 1. The number of methoxy groups -OCH3 is 1. The number of nitrogens with one attached hydrogen (secondary N) is 1. The Balaban J connectivity index is 2.71. The van der Waals surface area contributed by atoms with Gasteiger partial charge in [0.15, 0.2) is 0 Å². The number of urea groups is 1. The van der Waals surface area contributed by atoms with Gasteiger partial charge < -0.3 is 20.1 Å². The normalized spacial score (nSPS) is 9.86. The fourth-order valence-electron chi connectivity index (χ4n) is 1.43. The number of carbonyl (C=O) groups excluding carboxylic acids is 2. The molecule has 0 spiro atoms. The first-order valence-corrected chi connectivity index (χ1v) is 5.97. The second-order valence-corrected chi connectivity index (χ2v) is 4.18. The summed E-state index contributed by atoms with van der Waals surface area (Å²) in [6.45, 7) is 0.0821. The number of hydrogen-bond donors (Lipinski definition) is 2. The van der Waals surface area contributed by atoms with E-state index in [1.54, 1.807) is 0 Å². The van der Waals surface area contributed by atoms with Crippen molar-refractivity contribution in [1.29, 1.82) is 0 Å². The highest BCUT2D eigenvalue weighted by atomic mass is 19.1. The Morgan fingerprint density at radius 2 is 2.05 bits per heavy atom. The van der Waals surface area contributed by atoms with Gasteiger partial charge in [-0.15, -0.1) is 0 Å². The van der Waals surface area contributed by atoms with E-state index in [1.807, 2.05) is 0 Å². The fraction of sp³-hybridized carbons (Fsp3) is 0.308. The molecule has 1 rings (SSSR count). The minimum atomic E-state index is -1.23. The zero-order chi connectivity index (χ0) is 16.0. The second kappa shape index (κ2) is 7.22. The SMILES string of the molecule is COC(=O)CCN(C)C(=O)Nc1cc(C(=O)O)ccc1F. The molecule has 0 aliphatic rings. The molecular formula is C13H15FN2O5. The van der Waals surface area contributed by atoms with Crippen molar-refractivity contribution >= 4 is 23.7 Å². The average Bonchev–Trinajstić information content (AvgIpc) is 2.46. The van der Waals surface area contributed by atoms with E-state index in [-0.39, 0.29) is 24.2 Å². The van der Waals surface area contributed by atoms with Crippen molar-refractivity contribution in [2.75, 3.05) is 26.0 Å². The van der Waals surface area contributed by atoms with E-state index < -0.39 is 23.8 Å². The van der Waals surface area contributed by atoms with Crippen LogP contribution >= 0.6 is 0 Å². The minimum absolute atomic E-state index is 0.00192. The van der Waals surface area contributed by atoms with E-state index in [4.69, 9.17) is 5.11 Å². The number of aromatic carboxylic acids is 1. The molecule has 2 N–H and O–H groups in total. The molecule has 0 heterocycles. The third kappa shape index (κ3) is 4.75. The van der Waals surface area contributed by atoms with Crippen LogP contribution in [0.25, 0.3) is 0 Å². The molecule has 0 radical (unpaired) electrons. The predicted octanol–water partition coefficient (Wildman–Crippen LogP) is 1.55. The van der Waals surface area contributed by atoms with Crippen LogP contribution in [-0.2, 0) is 9.53 Å². The van der Waals surface area contributed by atoms with Crippen molar-refractivity contribution in [3.8, 4) is 0 Å². The third-order valence-electron chi connectivity index (χ3n) is 2.68. The van der Waals surface area contributed by atoms with Gasteiger partial charge in [0.1, 0.15) is 5.82 Å². The van der Waals surface area contributed by atoms with Crippen LogP contribution in [0.1, 0.15) is 16.8 Å². The van der Waals surface area contributed by atoms with E-state index >= 15 is 0 Å². The highest BCUT2D eigenvalue weighted by Gasteiger charge is 2.14. The monoisotopic (exact) mass is 298 g/mol. The smallest absolute Gasteiger partial charge is 0.335 e. The van der Waals surface area contributed by atoms with Crippen molar-refractivity contribution in [2.45, 2.75) is 6.42 Å². The van der Waals surface area contributed by atoms with Crippen molar-refractivity contribution in [1.82, 2.24) is 4.90 Å². The highest BCUT2D eigenvalue weighted by Crippen LogP contribution is 2.16. The van der Waals surface area contributed by atoms with Crippen LogP contribution in [0.15, 0.2) is 18.2 Å². The average molecular weight is 298 g/mol. The summed E-state index contributed by atoms with van der Waals surface area (Å²) < 4.78 is 18.0. The number of anilines is 1. The van der Waals surface area contributed by atoms with Gasteiger partial charge in [-0.05, 0) is 18.2 Å². The van der Waals surface area contributed by atoms with Gasteiger partial charge in [-0.3, -0.25) is 4.79 Å². The van der Waals surface area contributed by atoms with Gasteiger partial charge in [-0.1, -0.05) is 0 Å². The van der Waals surface area contributed by atoms with Crippen LogP contribution in [0, 0.1) is 5.82 Å². The van der Waals surface area contributed by atoms with Crippen LogP contribution in [0.4, 0.5) is 14.9 Å². The molecule has 0 bridgehead atoms. The molecule has 0 unspecified atom stereocenters. The molecule has 0 fully saturated rings. The molecule has 0 atom stereocenters. The number of ether oxygens (including phenoxy) is 1. The Morgan fingerprint density at radius 1 is 1.38 bits per heavy atom. The number of amides is 2. The molecular weight excluding hydrogens is 283 g/mol. The van der Waals surface area contributed by atoms with E-state index in [1.165, 1.54) is 14.2 Å². The van der Waals surface area contributed by atoms with E-state index in [9.17, 15) is 18.8 Å². The topological polar surface area (TPSA) is 95.9 Å². The quantitative estimate of drug-likeness (QED) is 0.804. The Hall–Kier alpha value is -2.64. The molecule has 8 heteroatoms. The molecule has 0 aromatic heterocycles. The molecule has 1 aromatic carbocycles. The molecule has 0 aliphatic carbocycles. The summed E-state index contributed by atoms with van der Waals surface area (Å²) >= 11 is 0. The van der Waals surface area contributed by atoms with Crippen molar-refractivity contribution in [3.05, 3.63) is 29.6 Å². The van der Waals surface area contributed by atoms with Gasteiger partial charge in [0.25, 0.3) is 0 Å².